The second-order valence-corrected chi connectivity index (χ2v) is 4.33. The molecule has 17 heavy (non-hydrogen) atoms. The Morgan fingerprint density at radius 1 is 1.41 bits per heavy atom. The van der Waals surface area contributed by atoms with Gasteiger partial charge in [0.1, 0.15) is 0 Å². The summed E-state index contributed by atoms with van der Waals surface area (Å²) in [6, 6.07) is 0.259. The summed E-state index contributed by atoms with van der Waals surface area (Å²) in [5, 5.41) is 6.99. The Morgan fingerprint density at radius 2 is 2.06 bits per heavy atom. The SMILES string of the molecule is CCC(CNC(C)C)n1cc(C(F)(F)F)cn1. The molecule has 1 atom stereocenters. The first-order chi connectivity index (χ1) is 7.84. The average Bonchev–Trinajstić information content (AvgIpc) is 2.67. The summed E-state index contributed by atoms with van der Waals surface area (Å²) in [6.07, 6.45) is -1.64. The van der Waals surface area contributed by atoms with Gasteiger partial charge in [0.2, 0.25) is 0 Å². The molecule has 1 aromatic heterocycles. The van der Waals surface area contributed by atoms with Gasteiger partial charge in [-0.3, -0.25) is 4.68 Å². The molecule has 0 aliphatic heterocycles. The molecule has 0 saturated carbocycles. The van der Waals surface area contributed by atoms with Crippen LogP contribution in [0.4, 0.5) is 13.2 Å². The van der Waals surface area contributed by atoms with Gasteiger partial charge in [-0.25, -0.2) is 0 Å². The molecule has 0 radical (unpaired) electrons. The number of nitrogens with zero attached hydrogens (tertiary/aromatic N) is 2. The number of hydrogen-bond acceptors (Lipinski definition) is 2. The van der Waals surface area contributed by atoms with Crippen molar-refractivity contribution in [3.63, 3.8) is 0 Å². The van der Waals surface area contributed by atoms with Crippen LogP contribution in [-0.2, 0) is 6.18 Å². The highest BCUT2D eigenvalue weighted by atomic mass is 19.4. The topological polar surface area (TPSA) is 29.9 Å². The molecule has 1 rings (SSSR count). The summed E-state index contributed by atoms with van der Waals surface area (Å²) in [6.45, 7) is 6.54. The second kappa shape index (κ2) is 5.53. The first-order valence-electron chi connectivity index (χ1n) is 5.69. The van der Waals surface area contributed by atoms with Crippen LogP contribution in [0.1, 0.15) is 38.8 Å². The van der Waals surface area contributed by atoms with Crippen molar-refractivity contribution in [2.75, 3.05) is 6.54 Å². The molecule has 0 aliphatic carbocycles. The van der Waals surface area contributed by atoms with Gasteiger partial charge in [0.05, 0.1) is 17.8 Å². The number of nitrogens with one attached hydrogen (secondary N) is 1. The van der Waals surface area contributed by atoms with Crippen LogP contribution in [0.15, 0.2) is 12.4 Å². The molecule has 6 heteroatoms. The zero-order valence-electron chi connectivity index (χ0n) is 10.3. The van der Waals surface area contributed by atoms with E-state index in [1.54, 1.807) is 0 Å². The molecule has 1 unspecified atom stereocenters. The quantitative estimate of drug-likeness (QED) is 0.869. The van der Waals surface area contributed by atoms with Gasteiger partial charge in [-0.2, -0.15) is 18.3 Å². The highest BCUT2D eigenvalue weighted by molar-refractivity contribution is 5.08. The van der Waals surface area contributed by atoms with Crippen molar-refractivity contribution in [2.45, 2.75) is 45.5 Å². The van der Waals surface area contributed by atoms with Gasteiger partial charge in [-0.05, 0) is 6.42 Å². The zero-order valence-corrected chi connectivity index (χ0v) is 10.3. The van der Waals surface area contributed by atoms with Crippen LogP contribution in [0.3, 0.4) is 0 Å². The zero-order chi connectivity index (χ0) is 13.1. The molecule has 98 valence electrons. The molecule has 1 heterocycles. The second-order valence-electron chi connectivity index (χ2n) is 4.33. The molecule has 0 aromatic carbocycles. The van der Waals surface area contributed by atoms with E-state index in [9.17, 15) is 13.2 Å². The molecule has 0 amide bonds. The van der Waals surface area contributed by atoms with Gasteiger partial charge in [-0.1, -0.05) is 20.8 Å². The van der Waals surface area contributed by atoms with Gasteiger partial charge in [0.25, 0.3) is 0 Å². The lowest BCUT2D eigenvalue weighted by Gasteiger charge is -2.18. The van der Waals surface area contributed by atoms with E-state index in [4.69, 9.17) is 0 Å². The monoisotopic (exact) mass is 249 g/mol. The summed E-state index contributed by atoms with van der Waals surface area (Å²) < 4.78 is 38.6. The van der Waals surface area contributed by atoms with E-state index in [0.29, 0.717) is 12.6 Å². The predicted octanol–water partition coefficient (Wildman–Crippen LogP) is 2.85. The van der Waals surface area contributed by atoms with Crippen LogP contribution in [0.25, 0.3) is 0 Å². The standard InChI is InChI=1S/C11H18F3N3/c1-4-10(6-15-8(2)3)17-7-9(5-16-17)11(12,13)14/h5,7-8,10,15H,4,6H2,1-3H3. The Kier molecular flexibility index (Phi) is 4.56. The van der Waals surface area contributed by atoms with E-state index < -0.39 is 11.7 Å². The smallest absolute Gasteiger partial charge is 0.312 e. The minimum atomic E-state index is -4.32. The van der Waals surface area contributed by atoms with Gasteiger partial charge in [0, 0.05) is 18.8 Å². The Labute approximate surface area is 99.0 Å². The molecule has 0 fully saturated rings. The Hall–Kier alpha value is -1.04. The fourth-order valence-electron chi connectivity index (χ4n) is 1.48. The van der Waals surface area contributed by atoms with E-state index >= 15 is 0 Å². The van der Waals surface area contributed by atoms with Crippen LogP contribution >= 0.6 is 0 Å². The molecular weight excluding hydrogens is 231 g/mol. The summed E-state index contributed by atoms with van der Waals surface area (Å²) >= 11 is 0. The van der Waals surface area contributed by atoms with Crippen molar-refractivity contribution >= 4 is 0 Å². The van der Waals surface area contributed by atoms with Crippen LogP contribution in [0.5, 0.6) is 0 Å². The number of alkyl halides is 3. The van der Waals surface area contributed by atoms with Crippen LogP contribution in [0.2, 0.25) is 0 Å². The largest absolute Gasteiger partial charge is 0.419 e. The average molecular weight is 249 g/mol. The predicted molar refractivity (Wildman–Crippen MR) is 59.7 cm³/mol. The van der Waals surface area contributed by atoms with Crippen LogP contribution in [0, 0.1) is 0 Å². The van der Waals surface area contributed by atoms with E-state index in [2.05, 4.69) is 10.4 Å². The lowest BCUT2D eigenvalue weighted by molar-refractivity contribution is -0.137. The third kappa shape index (κ3) is 4.03. The third-order valence-corrected chi connectivity index (χ3v) is 2.54. The van der Waals surface area contributed by atoms with Crippen LogP contribution < -0.4 is 5.32 Å². The molecule has 0 saturated heterocycles. The van der Waals surface area contributed by atoms with Crippen LogP contribution in [-0.4, -0.2) is 22.4 Å². The van der Waals surface area contributed by atoms with E-state index in [1.165, 1.54) is 4.68 Å². The first kappa shape index (κ1) is 14.0. The van der Waals surface area contributed by atoms with Gasteiger partial charge < -0.3 is 5.32 Å². The first-order valence-corrected chi connectivity index (χ1v) is 5.69. The highest BCUT2D eigenvalue weighted by Crippen LogP contribution is 2.29. The number of aromatic nitrogens is 2. The summed E-state index contributed by atoms with van der Waals surface area (Å²) in [5.74, 6) is 0. The molecule has 3 nitrogen and oxygen atoms in total. The van der Waals surface area contributed by atoms with E-state index in [1.807, 2.05) is 20.8 Å². The minimum Gasteiger partial charge on any atom is -0.312 e. The lowest BCUT2D eigenvalue weighted by atomic mass is 10.2. The molecule has 1 N–H and O–H groups in total. The van der Waals surface area contributed by atoms with Gasteiger partial charge in [0.15, 0.2) is 0 Å². The van der Waals surface area contributed by atoms with Crippen molar-refractivity contribution in [3.05, 3.63) is 18.0 Å². The highest BCUT2D eigenvalue weighted by Gasteiger charge is 2.32. The number of halogens is 3. The Morgan fingerprint density at radius 3 is 2.47 bits per heavy atom. The maximum absolute atomic E-state index is 12.4. The normalized spacial score (nSPS) is 14.3. The summed E-state index contributed by atoms with van der Waals surface area (Å²) in [7, 11) is 0. The maximum atomic E-state index is 12.4. The lowest BCUT2D eigenvalue weighted by Crippen LogP contribution is -2.30. The minimum absolute atomic E-state index is 0.0477. The molecule has 0 spiro atoms. The fourth-order valence-corrected chi connectivity index (χ4v) is 1.48. The summed E-state index contributed by atoms with van der Waals surface area (Å²) in [4.78, 5) is 0. The van der Waals surface area contributed by atoms with Crippen molar-refractivity contribution in [3.8, 4) is 0 Å². The summed E-state index contributed by atoms with van der Waals surface area (Å²) in [5.41, 5.74) is -0.694. The van der Waals surface area contributed by atoms with Crippen molar-refractivity contribution in [1.82, 2.24) is 15.1 Å². The molecule has 1 aromatic rings. The molecular formula is C11H18F3N3. The Balaban J connectivity index is 2.72. The van der Waals surface area contributed by atoms with Crippen molar-refractivity contribution in [2.24, 2.45) is 0 Å². The Bertz CT molecular complexity index is 344. The maximum Gasteiger partial charge on any atom is 0.419 e. The van der Waals surface area contributed by atoms with E-state index in [-0.39, 0.29) is 6.04 Å². The molecule has 0 bridgehead atoms. The number of rotatable bonds is 5. The molecule has 0 aliphatic rings. The third-order valence-electron chi connectivity index (χ3n) is 2.54. The van der Waals surface area contributed by atoms with E-state index in [0.717, 1.165) is 18.8 Å². The van der Waals surface area contributed by atoms with Gasteiger partial charge in [-0.15, -0.1) is 0 Å². The fraction of sp³-hybridized carbons (Fsp3) is 0.727. The van der Waals surface area contributed by atoms with Crippen molar-refractivity contribution in [1.29, 1.82) is 0 Å². The number of hydrogen-bond donors (Lipinski definition) is 1. The van der Waals surface area contributed by atoms with Crippen molar-refractivity contribution < 1.29 is 13.2 Å². The van der Waals surface area contributed by atoms with Gasteiger partial charge >= 0.3 is 6.18 Å².